The maximum atomic E-state index is 3.56. The molecular weight excluding hydrogens is 252 g/mol. The molecule has 0 fully saturated rings. The average molecular weight is 271 g/mol. The highest BCUT2D eigenvalue weighted by molar-refractivity contribution is 9.10. The molecule has 84 valence electrons. The van der Waals surface area contributed by atoms with E-state index in [-0.39, 0.29) is 0 Å². The van der Waals surface area contributed by atoms with Crippen LogP contribution in [0.5, 0.6) is 0 Å². The quantitative estimate of drug-likeness (QED) is 0.884. The molecule has 1 aromatic carbocycles. The van der Waals surface area contributed by atoms with Gasteiger partial charge in [0.15, 0.2) is 0 Å². The first-order chi connectivity index (χ1) is 7.13. The van der Waals surface area contributed by atoms with Crippen molar-refractivity contribution in [2.24, 2.45) is 0 Å². The number of likely N-dealkylation sites (N-methyl/N-ethyl adjacent to an activating group) is 2. The van der Waals surface area contributed by atoms with E-state index in [0.29, 0.717) is 0 Å². The normalized spacial score (nSPS) is 11.0. The second-order valence-corrected chi connectivity index (χ2v) is 4.78. The molecule has 0 radical (unpaired) electrons. The topological polar surface area (TPSA) is 15.3 Å². The van der Waals surface area contributed by atoms with Crippen LogP contribution in [0.2, 0.25) is 0 Å². The van der Waals surface area contributed by atoms with E-state index in [9.17, 15) is 0 Å². The molecule has 2 nitrogen and oxygen atoms in total. The molecule has 1 aromatic rings. The summed E-state index contributed by atoms with van der Waals surface area (Å²) in [5.74, 6) is 0. The summed E-state index contributed by atoms with van der Waals surface area (Å²) in [5.41, 5.74) is 2.64. The van der Waals surface area contributed by atoms with Crippen molar-refractivity contribution in [1.29, 1.82) is 0 Å². The van der Waals surface area contributed by atoms with Gasteiger partial charge in [-0.25, -0.2) is 0 Å². The molecule has 1 rings (SSSR count). The van der Waals surface area contributed by atoms with Gasteiger partial charge >= 0.3 is 0 Å². The van der Waals surface area contributed by atoms with Crippen molar-refractivity contribution in [2.45, 2.75) is 13.5 Å². The Morgan fingerprint density at radius 2 is 2.13 bits per heavy atom. The minimum Gasteiger partial charge on any atom is -0.318 e. The Morgan fingerprint density at radius 3 is 2.73 bits per heavy atom. The minimum absolute atomic E-state index is 1.00. The summed E-state index contributed by atoms with van der Waals surface area (Å²) in [5, 5.41) is 3.15. The smallest absolute Gasteiger partial charge is 0.0231 e. The van der Waals surface area contributed by atoms with Crippen molar-refractivity contribution < 1.29 is 0 Å². The van der Waals surface area contributed by atoms with E-state index in [1.165, 1.54) is 15.6 Å². The van der Waals surface area contributed by atoms with Crippen LogP contribution in [0.3, 0.4) is 0 Å². The standard InChI is InChI=1S/C12H19BrN2/c1-10-4-5-11(8-12(10)13)9-15(3)7-6-14-2/h4-5,8,14H,6-7,9H2,1-3H3. The largest absolute Gasteiger partial charge is 0.318 e. The van der Waals surface area contributed by atoms with E-state index >= 15 is 0 Å². The highest BCUT2D eigenvalue weighted by Gasteiger charge is 2.01. The predicted molar refractivity (Wildman–Crippen MR) is 69.1 cm³/mol. The van der Waals surface area contributed by atoms with Crippen LogP contribution < -0.4 is 5.32 Å². The monoisotopic (exact) mass is 270 g/mol. The third kappa shape index (κ3) is 4.33. The summed E-state index contributed by atoms with van der Waals surface area (Å²) in [6.45, 7) is 5.21. The van der Waals surface area contributed by atoms with Crippen molar-refractivity contribution in [3.05, 3.63) is 33.8 Å². The van der Waals surface area contributed by atoms with Crippen LogP contribution in [0.15, 0.2) is 22.7 Å². The second kappa shape index (κ2) is 6.26. The number of aryl methyl sites for hydroxylation is 1. The van der Waals surface area contributed by atoms with E-state index in [1.54, 1.807) is 0 Å². The molecule has 0 unspecified atom stereocenters. The molecule has 1 N–H and O–H groups in total. The summed E-state index contributed by atoms with van der Waals surface area (Å²) in [7, 11) is 4.13. The van der Waals surface area contributed by atoms with Crippen molar-refractivity contribution in [2.75, 3.05) is 27.2 Å². The number of rotatable bonds is 5. The van der Waals surface area contributed by atoms with Crippen LogP contribution in [0.1, 0.15) is 11.1 Å². The van der Waals surface area contributed by atoms with Gasteiger partial charge in [0, 0.05) is 24.1 Å². The molecule has 0 aromatic heterocycles. The fraction of sp³-hybridized carbons (Fsp3) is 0.500. The van der Waals surface area contributed by atoms with Gasteiger partial charge in [-0.1, -0.05) is 28.1 Å². The first kappa shape index (κ1) is 12.7. The first-order valence-corrected chi connectivity index (χ1v) is 6.01. The van der Waals surface area contributed by atoms with E-state index in [2.05, 4.69) is 58.3 Å². The summed E-state index contributed by atoms with van der Waals surface area (Å²) >= 11 is 3.56. The van der Waals surface area contributed by atoms with Gasteiger partial charge in [0.2, 0.25) is 0 Å². The van der Waals surface area contributed by atoms with Crippen molar-refractivity contribution >= 4 is 15.9 Å². The van der Waals surface area contributed by atoms with E-state index in [0.717, 1.165) is 19.6 Å². The van der Waals surface area contributed by atoms with Gasteiger partial charge < -0.3 is 10.2 Å². The van der Waals surface area contributed by atoms with Gasteiger partial charge in [-0.15, -0.1) is 0 Å². The van der Waals surface area contributed by atoms with Crippen LogP contribution in [0, 0.1) is 6.92 Å². The van der Waals surface area contributed by atoms with Gasteiger partial charge in [-0.05, 0) is 38.2 Å². The third-order valence-corrected chi connectivity index (χ3v) is 3.29. The van der Waals surface area contributed by atoms with Crippen LogP contribution in [0.4, 0.5) is 0 Å². The predicted octanol–water partition coefficient (Wildman–Crippen LogP) is 2.41. The van der Waals surface area contributed by atoms with Gasteiger partial charge in [0.25, 0.3) is 0 Å². The number of benzene rings is 1. The lowest BCUT2D eigenvalue weighted by Crippen LogP contribution is -2.26. The summed E-state index contributed by atoms with van der Waals surface area (Å²) < 4.78 is 1.20. The maximum absolute atomic E-state index is 3.56. The van der Waals surface area contributed by atoms with E-state index in [4.69, 9.17) is 0 Å². The summed E-state index contributed by atoms with van der Waals surface area (Å²) in [6, 6.07) is 6.55. The molecule has 15 heavy (non-hydrogen) atoms. The van der Waals surface area contributed by atoms with Gasteiger partial charge in [-0.2, -0.15) is 0 Å². The van der Waals surface area contributed by atoms with Crippen molar-refractivity contribution in [3.8, 4) is 0 Å². The molecule has 0 aliphatic heterocycles. The molecule has 0 heterocycles. The van der Waals surface area contributed by atoms with Crippen molar-refractivity contribution in [3.63, 3.8) is 0 Å². The van der Waals surface area contributed by atoms with Crippen LogP contribution in [-0.4, -0.2) is 32.1 Å². The Labute approximate surface area is 101 Å². The number of hydrogen-bond donors (Lipinski definition) is 1. The Morgan fingerprint density at radius 1 is 1.40 bits per heavy atom. The van der Waals surface area contributed by atoms with Crippen LogP contribution >= 0.6 is 15.9 Å². The molecule has 0 amide bonds. The number of nitrogens with one attached hydrogen (secondary N) is 1. The van der Waals surface area contributed by atoms with E-state index < -0.39 is 0 Å². The fourth-order valence-electron chi connectivity index (χ4n) is 1.43. The molecule has 0 bridgehead atoms. The Hall–Kier alpha value is -0.380. The zero-order valence-corrected chi connectivity index (χ0v) is 11.3. The molecule has 3 heteroatoms. The molecular formula is C12H19BrN2. The SMILES string of the molecule is CNCCN(C)Cc1ccc(C)c(Br)c1. The summed E-state index contributed by atoms with van der Waals surface area (Å²) in [4.78, 5) is 2.31. The molecule has 0 spiro atoms. The number of hydrogen-bond acceptors (Lipinski definition) is 2. The number of halogens is 1. The Kier molecular flexibility index (Phi) is 5.29. The zero-order chi connectivity index (χ0) is 11.3. The molecule has 0 atom stereocenters. The minimum atomic E-state index is 1.00. The Balaban J connectivity index is 2.53. The third-order valence-electron chi connectivity index (χ3n) is 2.43. The summed E-state index contributed by atoms with van der Waals surface area (Å²) in [6.07, 6.45) is 0. The molecule has 0 aliphatic carbocycles. The average Bonchev–Trinajstić information content (AvgIpc) is 2.20. The lowest BCUT2D eigenvalue weighted by atomic mass is 10.1. The van der Waals surface area contributed by atoms with Gasteiger partial charge in [0.05, 0.1) is 0 Å². The number of nitrogens with zero attached hydrogens (tertiary/aromatic N) is 1. The van der Waals surface area contributed by atoms with Crippen molar-refractivity contribution in [1.82, 2.24) is 10.2 Å². The lowest BCUT2D eigenvalue weighted by molar-refractivity contribution is 0.328. The van der Waals surface area contributed by atoms with Gasteiger partial charge in [0.1, 0.15) is 0 Å². The van der Waals surface area contributed by atoms with E-state index in [1.807, 2.05) is 7.05 Å². The lowest BCUT2D eigenvalue weighted by Gasteiger charge is -2.16. The highest BCUT2D eigenvalue weighted by atomic mass is 79.9. The molecule has 0 aliphatic rings. The fourth-order valence-corrected chi connectivity index (χ4v) is 1.85. The second-order valence-electron chi connectivity index (χ2n) is 3.92. The van der Waals surface area contributed by atoms with Gasteiger partial charge in [-0.3, -0.25) is 0 Å². The maximum Gasteiger partial charge on any atom is 0.0231 e. The zero-order valence-electron chi connectivity index (χ0n) is 9.68. The highest BCUT2D eigenvalue weighted by Crippen LogP contribution is 2.18. The Bertz CT molecular complexity index is 312. The molecule has 0 saturated carbocycles. The first-order valence-electron chi connectivity index (χ1n) is 5.21. The van der Waals surface area contributed by atoms with Crippen LogP contribution in [0.25, 0.3) is 0 Å². The molecule has 0 saturated heterocycles. The van der Waals surface area contributed by atoms with Crippen LogP contribution in [-0.2, 0) is 6.54 Å².